The minimum atomic E-state index is -1.00. The highest BCUT2D eigenvalue weighted by Crippen LogP contribution is 2.10. The van der Waals surface area contributed by atoms with Crippen molar-refractivity contribution in [3.8, 4) is 0 Å². The van der Waals surface area contributed by atoms with Crippen molar-refractivity contribution in [2.75, 3.05) is 0 Å². The van der Waals surface area contributed by atoms with Crippen LogP contribution in [0.4, 0.5) is 0 Å². The Labute approximate surface area is 119 Å². The van der Waals surface area contributed by atoms with E-state index in [1.165, 1.54) is 15.1 Å². The molecule has 0 aliphatic rings. The second-order valence-corrected chi connectivity index (χ2v) is 4.81. The van der Waals surface area contributed by atoms with Crippen LogP contribution in [0.3, 0.4) is 0 Å². The summed E-state index contributed by atoms with van der Waals surface area (Å²) in [6.07, 6.45) is 3.30. The van der Waals surface area contributed by atoms with Crippen molar-refractivity contribution in [3.63, 3.8) is 0 Å². The first-order valence-electron chi connectivity index (χ1n) is 6.43. The number of carboxylic acid groups (broad SMARTS) is 1. The topological polar surface area (TPSA) is 76.6 Å². The number of hydrogen-bond donors (Lipinski definition) is 1. The summed E-state index contributed by atoms with van der Waals surface area (Å²) < 4.78 is 3.01. The molecule has 0 fully saturated rings. The van der Waals surface area contributed by atoms with Crippen LogP contribution >= 0.6 is 0 Å². The molecule has 0 saturated carbocycles. The van der Waals surface area contributed by atoms with E-state index in [0.717, 1.165) is 5.69 Å². The number of rotatable bonds is 3. The van der Waals surface area contributed by atoms with Crippen LogP contribution in [0, 0.1) is 6.92 Å². The minimum absolute atomic E-state index is 0.196. The quantitative estimate of drug-likeness (QED) is 0.791. The zero-order chi connectivity index (χ0) is 15.0. The van der Waals surface area contributed by atoms with Crippen LogP contribution in [0.25, 0.3) is 5.52 Å². The van der Waals surface area contributed by atoms with Gasteiger partial charge < -0.3 is 9.67 Å². The fraction of sp³-hybridized carbons (Fsp3) is 0.133. The third kappa shape index (κ3) is 2.31. The van der Waals surface area contributed by atoms with E-state index in [0.29, 0.717) is 11.1 Å². The molecule has 0 aliphatic heterocycles. The maximum atomic E-state index is 12.4. The fourth-order valence-electron chi connectivity index (χ4n) is 2.32. The maximum absolute atomic E-state index is 12.4. The standard InChI is InChI=1S/C15H13N3O3/c1-10-8-13-14(19)17(6-7-18(13)16-10)9-11-4-2-3-5-12(11)15(20)21/h2-8H,9H2,1H3,(H,20,21). The summed E-state index contributed by atoms with van der Waals surface area (Å²) in [7, 11) is 0. The molecule has 0 bridgehead atoms. The van der Waals surface area contributed by atoms with Gasteiger partial charge in [0.25, 0.3) is 5.56 Å². The van der Waals surface area contributed by atoms with Gasteiger partial charge in [-0.1, -0.05) is 18.2 Å². The Hall–Kier alpha value is -2.89. The number of aromatic nitrogens is 3. The number of carboxylic acids is 1. The SMILES string of the molecule is Cc1cc2c(=O)n(Cc3ccccc3C(=O)O)ccn2n1. The van der Waals surface area contributed by atoms with Gasteiger partial charge in [0.2, 0.25) is 0 Å². The summed E-state index contributed by atoms with van der Waals surface area (Å²) >= 11 is 0. The lowest BCUT2D eigenvalue weighted by Crippen LogP contribution is -2.22. The molecule has 0 spiro atoms. The Morgan fingerprint density at radius 2 is 2.05 bits per heavy atom. The maximum Gasteiger partial charge on any atom is 0.336 e. The lowest BCUT2D eigenvalue weighted by Gasteiger charge is -2.08. The first kappa shape index (κ1) is 13.1. The molecule has 3 aromatic rings. The van der Waals surface area contributed by atoms with Crippen molar-refractivity contribution in [2.45, 2.75) is 13.5 Å². The molecule has 0 radical (unpaired) electrons. The molecule has 1 N–H and O–H groups in total. The van der Waals surface area contributed by atoms with Gasteiger partial charge in [-0.3, -0.25) is 4.79 Å². The molecule has 0 saturated heterocycles. The van der Waals surface area contributed by atoms with Crippen molar-refractivity contribution in [1.29, 1.82) is 0 Å². The van der Waals surface area contributed by atoms with Crippen molar-refractivity contribution in [2.24, 2.45) is 0 Å². The zero-order valence-electron chi connectivity index (χ0n) is 11.4. The van der Waals surface area contributed by atoms with Gasteiger partial charge in [0.05, 0.1) is 17.8 Å². The summed E-state index contributed by atoms with van der Waals surface area (Å²) in [5.41, 5.74) is 1.83. The average Bonchev–Trinajstić information content (AvgIpc) is 2.84. The number of carbonyl (C=O) groups is 1. The second kappa shape index (κ2) is 4.90. The Morgan fingerprint density at radius 1 is 1.29 bits per heavy atom. The smallest absolute Gasteiger partial charge is 0.336 e. The van der Waals surface area contributed by atoms with Crippen molar-refractivity contribution < 1.29 is 9.90 Å². The highest BCUT2D eigenvalue weighted by Gasteiger charge is 2.11. The molecule has 0 amide bonds. The van der Waals surface area contributed by atoms with Gasteiger partial charge in [0.1, 0.15) is 5.52 Å². The summed E-state index contributed by atoms with van der Waals surface area (Å²) in [4.78, 5) is 23.6. The highest BCUT2D eigenvalue weighted by molar-refractivity contribution is 5.89. The minimum Gasteiger partial charge on any atom is -0.478 e. The van der Waals surface area contributed by atoms with E-state index in [1.807, 2.05) is 6.92 Å². The lowest BCUT2D eigenvalue weighted by atomic mass is 10.1. The largest absolute Gasteiger partial charge is 0.478 e. The van der Waals surface area contributed by atoms with Crippen LogP contribution < -0.4 is 5.56 Å². The Morgan fingerprint density at radius 3 is 2.81 bits per heavy atom. The van der Waals surface area contributed by atoms with Crippen LogP contribution in [0.1, 0.15) is 21.6 Å². The number of nitrogens with zero attached hydrogens (tertiary/aromatic N) is 3. The molecule has 0 aliphatic carbocycles. The van der Waals surface area contributed by atoms with E-state index in [9.17, 15) is 14.7 Å². The molecule has 21 heavy (non-hydrogen) atoms. The van der Waals surface area contributed by atoms with Gasteiger partial charge >= 0.3 is 5.97 Å². The molecular formula is C15H13N3O3. The molecule has 0 unspecified atom stereocenters. The van der Waals surface area contributed by atoms with E-state index >= 15 is 0 Å². The monoisotopic (exact) mass is 283 g/mol. The zero-order valence-corrected chi connectivity index (χ0v) is 11.4. The second-order valence-electron chi connectivity index (χ2n) is 4.81. The first-order chi connectivity index (χ1) is 10.1. The highest BCUT2D eigenvalue weighted by atomic mass is 16.4. The Kier molecular flexibility index (Phi) is 3.06. The van der Waals surface area contributed by atoms with E-state index in [2.05, 4.69) is 5.10 Å². The van der Waals surface area contributed by atoms with Crippen LogP contribution in [0.5, 0.6) is 0 Å². The molecule has 6 heteroatoms. The molecule has 3 rings (SSSR count). The lowest BCUT2D eigenvalue weighted by molar-refractivity contribution is 0.0695. The summed E-state index contributed by atoms with van der Waals surface area (Å²) in [5, 5.41) is 13.4. The third-order valence-corrected chi connectivity index (χ3v) is 3.31. The van der Waals surface area contributed by atoms with Crippen LogP contribution in [-0.4, -0.2) is 25.3 Å². The number of hydrogen-bond acceptors (Lipinski definition) is 3. The van der Waals surface area contributed by atoms with Crippen molar-refractivity contribution >= 4 is 11.5 Å². The molecule has 2 heterocycles. The third-order valence-electron chi connectivity index (χ3n) is 3.31. The van der Waals surface area contributed by atoms with Gasteiger partial charge in [-0.05, 0) is 24.6 Å². The predicted octanol–water partition coefficient (Wildman–Crippen LogP) is 1.55. The number of fused-ring (bicyclic) bond motifs is 1. The molecular weight excluding hydrogens is 270 g/mol. The molecule has 0 atom stereocenters. The van der Waals surface area contributed by atoms with Gasteiger partial charge in [0.15, 0.2) is 0 Å². The molecule has 1 aromatic carbocycles. The van der Waals surface area contributed by atoms with Gasteiger partial charge in [-0.15, -0.1) is 0 Å². The van der Waals surface area contributed by atoms with Gasteiger partial charge in [-0.2, -0.15) is 5.10 Å². The average molecular weight is 283 g/mol. The van der Waals surface area contributed by atoms with Gasteiger partial charge in [0, 0.05) is 12.4 Å². The van der Waals surface area contributed by atoms with Crippen LogP contribution in [0.2, 0.25) is 0 Å². The van der Waals surface area contributed by atoms with E-state index in [-0.39, 0.29) is 17.7 Å². The fourth-order valence-corrected chi connectivity index (χ4v) is 2.32. The van der Waals surface area contributed by atoms with E-state index < -0.39 is 5.97 Å². The van der Waals surface area contributed by atoms with E-state index in [1.54, 1.807) is 36.7 Å². The predicted molar refractivity (Wildman–Crippen MR) is 76.7 cm³/mol. The van der Waals surface area contributed by atoms with Crippen LogP contribution in [-0.2, 0) is 6.54 Å². The summed E-state index contributed by atoms with van der Waals surface area (Å²) in [6, 6.07) is 8.38. The van der Waals surface area contributed by atoms with E-state index in [4.69, 9.17) is 0 Å². The molecule has 2 aromatic heterocycles. The van der Waals surface area contributed by atoms with Gasteiger partial charge in [-0.25, -0.2) is 9.31 Å². The van der Waals surface area contributed by atoms with Crippen molar-refractivity contribution in [3.05, 3.63) is 69.9 Å². The molecule has 6 nitrogen and oxygen atoms in total. The number of aryl methyl sites for hydroxylation is 1. The Balaban J connectivity index is 2.09. The first-order valence-corrected chi connectivity index (χ1v) is 6.43. The van der Waals surface area contributed by atoms with Crippen molar-refractivity contribution in [1.82, 2.24) is 14.2 Å². The van der Waals surface area contributed by atoms with Crippen LogP contribution in [0.15, 0.2) is 47.5 Å². The number of aromatic carboxylic acids is 1. The number of benzene rings is 1. The Bertz CT molecular complexity index is 893. The normalized spacial score (nSPS) is 10.9. The summed E-state index contributed by atoms with van der Waals surface area (Å²) in [6.45, 7) is 2.03. The molecule has 106 valence electrons. The summed E-state index contributed by atoms with van der Waals surface area (Å²) in [5.74, 6) is -1.00.